The summed E-state index contributed by atoms with van der Waals surface area (Å²) in [6.45, 7) is 4.44. The fourth-order valence-corrected chi connectivity index (χ4v) is 8.52. The zero-order valence-electron chi connectivity index (χ0n) is 28.4. The molecule has 2 aliphatic carbocycles. The molecule has 0 spiro atoms. The van der Waals surface area contributed by atoms with Gasteiger partial charge in [-0.1, -0.05) is 87.1 Å². The van der Waals surface area contributed by atoms with Crippen molar-refractivity contribution in [2.45, 2.75) is 90.8 Å². The number of aryl methyl sites for hydroxylation is 1. The SMILES string of the molecule is COc1cc2ccccc2c2c1cc(C)n2CC1CCCCC1.COc1cc2ccccc2c2c1cc(CO)n2CC1CCCCC1. The smallest absolute Gasteiger partial charge is 0.128 e. The summed E-state index contributed by atoms with van der Waals surface area (Å²) in [5, 5.41) is 17.3. The van der Waals surface area contributed by atoms with E-state index in [1.807, 2.05) is 0 Å². The van der Waals surface area contributed by atoms with Crippen LogP contribution in [0.1, 0.15) is 75.6 Å². The van der Waals surface area contributed by atoms with Crippen molar-refractivity contribution in [1.82, 2.24) is 9.13 Å². The summed E-state index contributed by atoms with van der Waals surface area (Å²) >= 11 is 0. The van der Waals surface area contributed by atoms with Crippen LogP contribution in [-0.4, -0.2) is 28.5 Å². The molecule has 2 aromatic heterocycles. The van der Waals surface area contributed by atoms with E-state index in [-0.39, 0.29) is 6.61 Å². The maximum atomic E-state index is 9.92. The molecule has 4 aromatic carbocycles. The molecule has 5 nitrogen and oxygen atoms in total. The van der Waals surface area contributed by atoms with Gasteiger partial charge in [-0.2, -0.15) is 0 Å². The van der Waals surface area contributed by atoms with E-state index in [0.29, 0.717) is 5.92 Å². The van der Waals surface area contributed by atoms with Crippen molar-refractivity contribution >= 4 is 43.4 Å². The normalized spacial score (nSPS) is 16.2. The van der Waals surface area contributed by atoms with Crippen LogP contribution < -0.4 is 9.47 Å². The monoisotopic (exact) mass is 630 g/mol. The van der Waals surface area contributed by atoms with E-state index in [1.54, 1.807) is 14.2 Å². The number of aliphatic hydroxyl groups excluding tert-OH is 1. The highest BCUT2D eigenvalue weighted by molar-refractivity contribution is 6.10. The average Bonchev–Trinajstić information content (AvgIpc) is 3.66. The van der Waals surface area contributed by atoms with Gasteiger partial charge in [0, 0.05) is 46.0 Å². The molecule has 2 fully saturated rings. The third-order valence-electron chi connectivity index (χ3n) is 11.0. The third kappa shape index (κ3) is 6.23. The summed E-state index contributed by atoms with van der Waals surface area (Å²) in [5.41, 5.74) is 4.90. The molecule has 0 saturated heterocycles. The molecule has 0 atom stereocenters. The minimum atomic E-state index is 0.0683. The van der Waals surface area contributed by atoms with Crippen molar-refractivity contribution in [1.29, 1.82) is 0 Å². The van der Waals surface area contributed by atoms with Crippen LogP contribution in [0.25, 0.3) is 43.4 Å². The Morgan fingerprint density at radius 3 is 1.57 bits per heavy atom. The number of ether oxygens (including phenoxy) is 2. The van der Waals surface area contributed by atoms with Crippen molar-refractivity contribution < 1.29 is 14.6 Å². The van der Waals surface area contributed by atoms with Gasteiger partial charge in [-0.25, -0.2) is 0 Å². The first-order chi connectivity index (χ1) is 23.1. The second-order valence-electron chi connectivity index (χ2n) is 13.9. The molecule has 2 heterocycles. The predicted octanol–water partition coefficient (Wildman–Crippen LogP) is 10.6. The molecule has 1 N–H and O–H groups in total. The predicted molar refractivity (Wildman–Crippen MR) is 196 cm³/mol. The van der Waals surface area contributed by atoms with Crippen LogP contribution >= 0.6 is 0 Å². The summed E-state index contributed by atoms with van der Waals surface area (Å²) in [6.07, 6.45) is 13.6. The van der Waals surface area contributed by atoms with Gasteiger partial charge in [0.2, 0.25) is 0 Å². The first-order valence-corrected chi connectivity index (χ1v) is 17.8. The fourth-order valence-electron chi connectivity index (χ4n) is 8.52. The maximum absolute atomic E-state index is 9.92. The van der Waals surface area contributed by atoms with E-state index in [4.69, 9.17) is 9.47 Å². The van der Waals surface area contributed by atoms with Crippen LogP contribution in [0.15, 0.2) is 72.8 Å². The molecule has 0 unspecified atom stereocenters. The zero-order valence-corrected chi connectivity index (χ0v) is 28.4. The Balaban J connectivity index is 0.000000150. The first-order valence-electron chi connectivity index (χ1n) is 17.8. The Morgan fingerprint density at radius 1 is 0.596 bits per heavy atom. The number of fused-ring (bicyclic) bond motifs is 6. The summed E-state index contributed by atoms with van der Waals surface area (Å²) in [6, 6.07) is 25.8. The van der Waals surface area contributed by atoms with Crippen LogP contribution in [-0.2, 0) is 19.7 Å². The highest BCUT2D eigenvalue weighted by Gasteiger charge is 2.21. The van der Waals surface area contributed by atoms with Crippen molar-refractivity contribution in [2.24, 2.45) is 11.8 Å². The van der Waals surface area contributed by atoms with E-state index in [2.05, 4.69) is 88.9 Å². The number of aromatic nitrogens is 2. The van der Waals surface area contributed by atoms with Crippen molar-refractivity contribution in [2.75, 3.05) is 14.2 Å². The van der Waals surface area contributed by atoms with Gasteiger partial charge < -0.3 is 23.7 Å². The average molecular weight is 631 g/mol. The Morgan fingerprint density at radius 2 is 1.06 bits per heavy atom. The Bertz CT molecular complexity index is 1990. The Labute approximate surface area is 279 Å². The van der Waals surface area contributed by atoms with Gasteiger partial charge in [0.25, 0.3) is 0 Å². The maximum Gasteiger partial charge on any atom is 0.128 e. The lowest BCUT2D eigenvalue weighted by atomic mass is 9.89. The molecule has 6 aromatic rings. The quantitative estimate of drug-likeness (QED) is 0.191. The molecule has 2 saturated carbocycles. The number of benzene rings is 4. The van der Waals surface area contributed by atoms with E-state index < -0.39 is 0 Å². The van der Waals surface area contributed by atoms with E-state index >= 15 is 0 Å². The largest absolute Gasteiger partial charge is 0.496 e. The second-order valence-corrected chi connectivity index (χ2v) is 13.9. The summed E-state index contributed by atoms with van der Waals surface area (Å²) < 4.78 is 16.2. The van der Waals surface area contributed by atoms with Gasteiger partial charge in [-0.05, 0) is 79.5 Å². The van der Waals surface area contributed by atoms with Crippen LogP contribution in [0, 0.1) is 18.8 Å². The van der Waals surface area contributed by atoms with Gasteiger partial charge in [0.1, 0.15) is 11.5 Å². The van der Waals surface area contributed by atoms with Crippen molar-refractivity contribution in [3.8, 4) is 11.5 Å². The summed E-state index contributed by atoms with van der Waals surface area (Å²) in [4.78, 5) is 0. The molecular weight excluding hydrogens is 580 g/mol. The standard InChI is InChI=1S/C21H25NO2.C21H25NO/c1-24-20-11-16-9-5-6-10-18(16)21-19(20)12-17(14-23)22(21)13-15-7-3-2-4-8-15;1-15-12-19-20(23-2)13-17-10-6-7-11-18(17)21(19)22(15)14-16-8-4-3-5-9-16/h5-6,9-12,15,23H,2-4,7-8,13-14H2,1H3;6-7,10-13,16H,3-5,8-9,14H2,1-2H3. The lowest BCUT2D eigenvalue weighted by Gasteiger charge is -2.24. The summed E-state index contributed by atoms with van der Waals surface area (Å²) in [7, 11) is 3.50. The van der Waals surface area contributed by atoms with Gasteiger partial charge in [-0.15, -0.1) is 0 Å². The van der Waals surface area contributed by atoms with Crippen LogP contribution in [0.3, 0.4) is 0 Å². The van der Waals surface area contributed by atoms with Crippen LogP contribution in [0.2, 0.25) is 0 Å². The Hall–Kier alpha value is -3.96. The molecular formula is C42H50N2O3. The molecule has 2 aliphatic rings. The molecule has 5 heteroatoms. The summed E-state index contributed by atoms with van der Waals surface area (Å²) in [5.74, 6) is 3.41. The van der Waals surface area contributed by atoms with E-state index in [9.17, 15) is 5.11 Å². The number of hydrogen-bond acceptors (Lipinski definition) is 3. The third-order valence-corrected chi connectivity index (χ3v) is 11.0. The van der Waals surface area contributed by atoms with Crippen molar-refractivity contribution in [3.63, 3.8) is 0 Å². The zero-order chi connectivity index (χ0) is 32.3. The van der Waals surface area contributed by atoms with Crippen LogP contribution in [0.4, 0.5) is 0 Å². The van der Waals surface area contributed by atoms with E-state index in [1.165, 1.54) is 108 Å². The molecule has 0 aliphatic heterocycles. The van der Waals surface area contributed by atoms with Gasteiger partial charge in [0.05, 0.1) is 31.9 Å². The number of hydrogen-bond donors (Lipinski definition) is 1. The molecule has 47 heavy (non-hydrogen) atoms. The minimum absolute atomic E-state index is 0.0683. The number of nitrogens with zero attached hydrogens (tertiary/aromatic N) is 2. The second kappa shape index (κ2) is 14.0. The fraction of sp³-hybridized carbons (Fsp3) is 0.429. The molecule has 246 valence electrons. The minimum Gasteiger partial charge on any atom is -0.496 e. The highest BCUT2D eigenvalue weighted by atomic mass is 16.5. The lowest BCUT2D eigenvalue weighted by molar-refractivity contribution is 0.261. The molecule has 0 amide bonds. The van der Waals surface area contributed by atoms with Gasteiger partial charge in [-0.3, -0.25) is 0 Å². The van der Waals surface area contributed by atoms with Crippen LogP contribution in [0.5, 0.6) is 11.5 Å². The lowest BCUT2D eigenvalue weighted by Crippen LogP contribution is -2.15. The highest BCUT2D eigenvalue weighted by Crippen LogP contribution is 2.39. The van der Waals surface area contributed by atoms with Crippen molar-refractivity contribution in [3.05, 3.63) is 84.2 Å². The van der Waals surface area contributed by atoms with Gasteiger partial charge in [0.15, 0.2) is 0 Å². The molecule has 0 radical (unpaired) electrons. The molecule has 0 bridgehead atoms. The van der Waals surface area contributed by atoms with E-state index in [0.717, 1.165) is 41.6 Å². The number of rotatable bonds is 7. The first kappa shape index (κ1) is 31.6. The number of methoxy groups -OCH3 is 2. The Kier molecular flexibility index (Phi) is 9.44. The topological polar surface area (TPSA) is 48.6 Å². The van der Waals surface area contributed by atoms with Gasteiger partial charge >= 0.3 is 0 Å². The molecule has 8 rings (SSSR count). The number of aliphatic hydroxyl groups is 1.